The van der Waals surface area contributed by atoms with Gasteiger partial charge in [-0.25, -0.2) is 4.39 Å². The Labute approximate surface area is 91.9 Å². The molecule has 0 bridgehead atoms. The molecule has 0 saturated carbocycles. The number of hydrogen-bond donors (Lipinski definition) is 1. The van der Waals surface area contributed by atoms with E-state index in [9.17, 15) is 9.18 Å². The molecule has 1 heterocycles. The zero-order valence-electron chi connectivity index (χ0n) is 8.66. The van der Waals surface area contributed by atoms with Crippen molar-refractivity contribution < 1.29 is 13.6 Å². The van der Waals surface area contributed by atoms with E-state index in [-0.39, 0.29) is 11.6 Å². The summed E-state index contributed by atoms with van der Waals surface area (Å²) in [6, 6.07) is 7.94. The van der Waals surface area contributed by atoms with Crippen LogP contribution in [0.15, 0.2) is 41.0 Å². The Hall–Kier alpha value is -2.10. The molecule has 2 aromatic rings. The van der Waals surface area contributed by atoms with Crippen molar-refractivity contribution in [1.82, 2.24) is 0 Å². The Morgan fingerprint density at radius 2 is 2.19 bits per heavy atom. The number of halogens is 1. The van der Waals surface area contributed by atoms with E-state index in [2.05, 4.69) is 5.32 Å². The van der Waals surface area contributed by atoms with Gasteiger partial charge in [-0.1, -0.05) is 0 Å². The van der Waals surface area contributed by atoms with Crippen LogP contribution in [0.3, 0.4) is 0 Å². The largest absolute Gasteiger partial charge is 0.464 e. The van der Waals surface area contributed by atoms with Gasteiger partial charge in [-0.3, -0.25) is 4.79 Å². The summed E-state index contributed by atoms with van der Waals surface area (Å²) in [6.45, 7) is 1.33. The number of carbonyl (C=O) groups excluding carboxylic acids is 1. The van der Waals surface area contributed by atoms with Gasteiger partial charge in [-0.2, -0.15) is 0 Å². The van der Waals surface area contributed by atoms with Gasteiger partial charge in [0.15, 0.2) is 0 Å². The Kier molecular flexibility index (Phi) is 2.72. The van der Waals surface area contributed by atoms with Crippen molar-refractivity contribution in [2.24, 2.45) is 0 Å². The second-order valence-corrected chi connectivity index (χ2v) is 3.35. The van der Waals surface area contributed by atoms with E-state index in [0.29, 0.717) is 5.76 Å². The molecule has 0 aliphatic rings. The van der Waals surface area contributed by atoms with Gasteiger partial charge in [-0.05, 0) is 30.3 Å². The highest BCUT2D eigenvalue weighted by molar-refractivity contribution is 5.89. The standard InChI is InChI=1S/C12H10FNO2/c1-8(15)14-11-7-9(4-5-10(11)13)12-3-2-6-16-12/h2-7H,1H3,(H,14,15). The van der Waals surface area contributed by atoms with Crippen molar-refractivity contribution in [2.75, 3.05) is 5.32 Å². The maximum Gasteiger partial charge on any atom is 0.221 e. The van der Waals surface area contributed by atoms with Crippen molar-refractivity contribution >= 4 is 11.6 Å². The number of carbonyl (C=O) groups is 1. The Bertz CT molecular complexity index is 506. The molecule has 2 rings (SSSR count). The molecule has 0 fully saturated rings. The van der Waals surface area contributed by atoms with Crippen LogP contribution in [-0.4, -0.2) is 5.91 Å². The fourth-order valence-corrected chi connectivity index (χ4v) is 1.41. The normalized spacial score (nSPS) is 10.1. The minimum absolute atomic E-state index is 0.154. The highest BCUT2D eigenvalue weighted by Gasteiger charge is 2.07. The van der Waals surface area contributed by atoms with E-state index >= 15 is 0 Å². The smallest absolute Gasteiger partial charge is 0.221 e. The van der Waals surface area contributed by atoms with Crippen molar-refractivity contribution in [3.05, 3.63) is 42.4 Å². The monoisotopic (exact) mass is 219 g/mol. The van der Waals surface area contributed by atoms with E-state index in [1.165, 1.54) is 25.3 Å². The zero-order valence-corrected chi connectivity index (χ0v) is 8.66. The minimum atomic E-state index is -0.467. The van der Waals surface area contributed by atoms with Gasteiger partial charge in [0.1, 0.15) is 11.6 Å². The van der Waals surface area contributed by atoms with Crippen LogP contribution >= 0.6 is 0 Å². The maximum absolute atomic E-state index is 13.3. The lowest BCUT2D eigenvalue weighted by atomic mass is 10.1. The predicted molar refractivity (Wildman–Crippen MR) is 58.4 cm³/mol. The molecule has 0 aliphatic heterocycles. The maximum atomic E-state index is 13.3. The average molecular weight is 219 g/mol. The van der Waals surface area contributed by atoms with Crippen LogP contribution in [0.5, 0.6) is 0 Å². The topological polar surface area (TPSA) is 42.2 Å². The van der Waals surface area contributed by atoms with Gasteiger partial charge < -0.3 is 9.73 Å². The molecular weight excluding hydrogens is 209 g/mol. The molecule has 1 amide bonds. The molecule has 0 unspecified atom stereocenters. The van der Waals surface area contributed by atoms with Crippen LogP contribution in [0, 0.1) is 5.82 Å². The molecule has 0 radical (unpaired) electrons. The fourth-order valence-electron chi connectivity index (χ4n) is 1.41. The molecule has 0 atom stereocenters. The van der Waals surface area contributed by atoms with E-state index < -0.39 is 5.82 Å². The van der Waals surface area contributed by atoms with Gasteiger partial charge in [0.2, 0.25) is 5.91 Å². The molecule has 1 N–H and O–H groups in total. The lowest BCUT2D eigenvalue weighted by Gasteiger charge is -2.05. The highest BCUT2D eigenvalue weighted by Crippen LogP contribution is 2.25. The summed E-state index contributed by atoms with van der Waals surface area (Å²) in [5, 5.41) is 2.42. The average Bonchev–Trinajstić information content (AvgIpc) is 2.73. The molecule has 1 aromatic heterocycles. The number of rotatable bonds is 2. The molecule has 4 heteroatoms. The van der Waals surface area contributed by atoms with Crippen molar-refractivity contribution in [2.45, 2.75) is 6.92 Å². The van der Waals surface area contributed by atoms with E-state index in [4.69, 9.17) is 4.42 Å². The van der Waals surface area contributed by atoms with E-state index in [1.807, 2.05) is 0 Å². The second-order valence-electron chi connectivity index (χ2n) is 3.35. The number of anilines is 1. The zero-order chi connectivity index (χ0) is 11.5. The fraction of sp³-hybridized carbons (Fsp3) is 0.0833. The number of hydrogen-bond acceptors (Lipinski definition) is 2. The van der Waals surface area contributed by atoms with Gasteiger partial charge in [0.25, 0.3) is 0 Å². The highest BCUT2D eigenvalue weighted by atomic mass is 19.1. The van der Waals surface area contributed by atoms with Crippen LogP contribution in [0.25, 0.3) is 11.3 Å². The molecule has 1 aromatic carbocycles. The Morgan fingerprint density at radius 1 is 1.38 bits per heavy atom. The van der Waals surface area contributed by atoms with Crippen LogP contribution in [-0.2, 0) is 4.79 Å². The summed E-state index contributed by atoms with van der Waals surface area (Å²) >= 11 is 0. The number of amides is 1. The molecule has 3 nitrogen and oxygen atoms in total. The van der Waals surface area contributed by atoms with Crippen LogP contribution in [0.1, 0.15) is 6.92 Å². The molecule has 0 aliphatic carbocycles. The Morgan fingerprint density at radius 3 is 2.81 bits per heavy atom. The molecule has 0 saturated heterocycles. The molecular formula is C12H10FNO2. The van der Waals surface area contributed by atoms with Gasteiger partial charge in [0, 0.05) is 12.5 Å². The number of nitrogens with one attached hydrogen (secondary N) is 1. The Balaban J connectivity index is 2.39. The third-order valence-electron chi connectivity index (χ3n) is 2.08. The number of benzene rings is 1. The molecule has 0 spiro atoms. The summed E-state index contributed by atoms with van der Waals surface area (Å²) in [5.41, 5.74) is 0.872. The van der Waals surface area contributed by atoms with Crippen LogP contribution < -0.4 is 5.32 Å². The lowest BCUT2D eigenvalue weighted by molar-refractivity contribution is -0.114. The van der Waals surface area contributed by atoms with Crippen LogP contribution in [0.4, 0.5) is 10.1 Å². The summed E-state index contributed by atoms with van der Waals surface area (Å²) in [5.74, 6) is -0.146. The SMILES string of the molecule is CC(=O)Nc1cc(-c2ccco2)ccc1F. The third-order valence-corrected chi connectivity index (χ3v) is 2.08. The second kappa shape index (κ2) is 4.18. The van der Waals surface area contributed by atoms with Crippen molar-refractivity contribution in [1.29, 1.82) is 0 Å². The summed E-state index contributed by atoms with van der Waals surface area (Å²) in [7, 11) is 0. The molecule has 82 valence electrons. The first kappa shape index (κ1) is 10.4. The third kappa shape index (κ3) is 2.11. The first-order valence-electron chi connectivity index (χ1n) is 4.78. The summed E-state index contributed by atoms with van der Waals surface area (Å²) < 4.78 is 18.5. The van der Waals surface area contributed by atoms with Crippen LogP contribution in [0.2, 0.25) is 0 Å². The quantitative estimate of drug-likeness (QED) is 0.843. The van der Waals surface area contributed by atoms with Crippen molar-refractivity contribution in [3.63, 3.8) is 0 Å². The first-order valence-corrected chi connectivity index (χ1v) is 4.78. The van der Waals surface area contributed by atoms with Crippen molar-refractivity contribution in [3.8, 4) is 11.3 Å². The minimum Gasteiger partial charge on any atom is -0.464 e. The van der Waals surface area contributed by atoms with Gasteiger partial charge >= 0.3 is 0 Å². The molecule has 16 heavy (non-hydrogen) atoms. The first-order chi connectivity index (χ1) is 7.66. The predicted octanol–water partition coefficient (Wildman–Crippen LogP) is 3.04. The van der Waals surface area contributed by atoms with Gasteiger partial charge in [-0.15, -0.1) is 0 Å². The summed E-state index contributed by atoms with van der Waals surface area (Å²) in [6.07, 6.45) is 1.54. The number of furan rings is 1. The van der Waals surface area contributed by atoms with Gasteiger partial charge in [0.05, 0.1) is 12.0 Å². The van der Waals surface area contributed by atoms with E-state index in [0.717, 1.165) is 5.56 Å². The lowest BCUT2D eigenvalue weighted by Crippen LogP contribution is -2.07. The van der Waals surface area contributed by atoms with E-state index in [1.54, 1.807) is 18.2 Å². The summed E-state index contributed by atoms with van der Waals surface area (Å²) in [4.78, 5) is 10.9.